The molecule has 0 aromatic heterocycles. The van der Waals surface area contributed by atoms with Crippen LogP contribution in [0.2, 0.25) is 0 Å². The number of ether oxygens (including phenoxy) is 1. The molecule has 21 heavy (non-hydrogen) atoms. The molecule has 1 aliphatic rings. The second-order valence-electron chi connectivity index (χ2n) is 6.37. The van der Waals surface area contributed by atoms with E-state index in [4.69, 9.17) is 9.84 Å². The van der Waals surface area contributed by atoms with Crippen LogP contribution in [0.5, 0.6) is 0 Å². The number of carboxylic acid groups (broad SMARTS) is 1. The van der Waals surface area contributed by atoms with Crippen LogP contribution >= 0.6 is 0 Å². The maximum absolute atomic E-state index is 11.9. The number of hydrogen-bond donors (Lipinski definition) is 3. The Morgan fingerprint density at radius 1 is 1.29 bits per heavy atom. The Morgan fingerprint density at radius 2 is 1.90 bits per heavy atom. The van der Waals surface area contributed by atoms with Crippen molar-refractivity contribution in [1.82, 2.24) is 15.5 Å². The summed E-state index contributed by atoms with van der Waals surface area (Å²) < 4.78 is 5.26. The van der Waals surface area contributed by atoms with Gasteiger partial charge >= 0.3 is 12.0 Å². The Balaban J connectivity index is 2.30. The van der Waals surface area contributed by atoms with Gasteiger partial charge in [-0.1, -0.05) is 20.8 Å². The van der Waals surface area contributed by atoms with Gasteiger partial charge in [0.25, 0.3) is 0 Å². The minimum Gasteiger partial charge on any atom is -0.481 e. The van der Waals surface area contributed by atoms with Crippen molar-refractivity contribution in [3.05, 3.63) is 0 Å². The van der Waals surface area contributed by atoms with E-state index >= 15 is 0 Å². The van der Waals surface area contributed by atoms with Crippen LogP contribution in [0.15, 0.2) is 0 Å². The average Bonchev–Trinajstić information content (AvgIpc) is 2.37. The molecule has 0 aromatic rings. The van der Waals surface area contributed by atoms with Crippen molar-refractivity contribution >= 4 is 12.0 Å². The number of nitrogens with zero attached hydrogens (tertiary/aromatic N) is 1. The van der Waals surface area contributed by atoms with Gasteiger partial charge in [-0.05, 0) is 5.41 Å². The lowest BCUT2D eigenvalue weighted by atomic mass is 9.85. The number of carbonyl (C=O) groups excluding carboxylic acids is 1. The predicted molar refractivity (Wildman–Crippen MR) is 79.3 cm³/mol. The average molecular weight is 301 g/mol. The van der Waals surface area contributed by atoms with Gasteiger partial charge in [-0.15, -0.1) is 0 Å². The van der Waals surface area contributed by atoms with E-state index in [9.17, 15) is 9.59 Å². The molecule has 7 heteroatoms. The molecule has 1 fully saturated rings. The van der Waals surface area contributed by atoms with E-state index in [1.54, 1.807) is 0 Å². The van der Waals surface area contributed by atoms with Crippen LogP contribution in [0.3, 0.4) is 0 Å². The zero-order valence-corrected chi connectivity index (χ0v) is 13.1. The summed E-state index contributed by atoms with van der Waals surface area (Å²) in [5, 5.41) is 14.4. The molecule has 7 nitrogen and oxygen atoms in total. The van der Waals surface area contributed by atoms with Crippen LogP contribution in [0.4, 0.5) is 4.79 Å². The Labute approximate surface area is 126 Å². The molecule has 1 unspecified atom stereocenters. The number of carbonyl (C=O) groups is 2. The number of nitrogens with one attached hydrogen (secondary N) is 2. The summed E-state index contributed by atoms with van der Waals surface area (Å²) in [6.45, 7) is 10.3. The third-order valence-electron chi connectivity index (χ3n) is 3.55. The summed E-state index contributed by atoms with van der Waals surface area (Å²) in [6.07, 6.45) is -0.0830. The summed E-state index contributed by atoms with van der Waals surface area (Å²) in [4.78, 5) is 25.0. The summed E-state index contributed by atoms with van der Waals surface area (Å²) in [5.74, 6) is -0.913. The highest BCUT2D eigenvalue weighted by atomic mass is 16.5. The Morgan fingerprint density at radius 3 is 2.43 bits per heavy atom. The minimum absolute atomic E-state index is 0.0830. The lowest BCUT2D eigenvalue weighted by Crippen LogP contribution is -2.50. The summed E-state index contributed by atoms with van der Waals surface area (Å²) in [6, 6.07) is -0.720. The van der Waals surface area contributed by atoms with E-state index < -0.39 is 12.0 Å². The van der Waals surface area contributed by atoms with E-state index in [0.29, 0.717) is 6.54 Å². The van der Waals surface area contributed by atoms with E-state index in [1.807, 2.05) is 20.8 Å². The van der Waals surface area contributed by atoms with Crippen molar-refractivity contribution in [3.8, 4) is 0 Å². The van der Waals surface area contributed by atoms with Gasteiger partial charge < -0.3 is 20.5 Å². The quantitative estimate of drug-likeness (QED) is 0.665. The van der Waals surface area contributed by atoms with Crippen molar-refractivity contribution in [1.29, 1.82) is 0 Å². The highest BCUT2D eigenvalue weighted by molar-refractivity contribution is 5.75. The number of hydrogen-bond acceptors (Lipinski definition) is 4. The van der Waals surface area contributed by atoms with Gasteiger partial charge in [-0.2, -0.15) is 0 Å². The molecule has 0 bridgehead atoms. The van der Waals surface area contributed by atoms with Gasteiger partial charge in [0.15, 0.2) is 0 Å². The summed E-state index contributed by atoms with van der Waals surface area (Å²) >= 11 is 0. The van der Waals surface area contributed by atoms with Gasteiger partial charge in [0.2, 0.25) is 0 Å². The lowest BCUT2D eigenvalue weighted by Gasteiger charge is -2.30. The first-order valence-electron chi connectivity index (χ1n) is 7.35. The van der Waals surface area contributed by atoms with Gasteiger partial charge in [-0.3, -0.25) is 9.69 Å². The maximum Gasteiger partial charge on any atom is 0.315 e. The topological polar surface area (TPSA) is 90.9 Å². The molecule has 1 atom stereocenters. The molecular weight excluding hydrogens is 274 g/mol. The van der Waals surface area contributed by atoms with Crippen LogP contribution in [0, 0.1) is 5.41 Å². The molecule has 1 aliphatic heterocycles. The van der Waals surface area contributed by atoms with E-state index in [0.717, 1.165) is 32.8 Å². The van der Waals surface area contributed by atoms with Gasteiger partial charge in [0.05, 0.1) is 19.6 Å². The van der Waals surface area contributed by atoms with Gasteiger partial charge in [0, 0.05) is 32.2 Å². The molecule has 1 heterocycles. The van der Waals surface area contributed by atoms with Crippen molar-refractivity contribution < 1.29 is 19.4 Å². The number of carboxylic acids is 1. The minimum atomic E-state index is -0.913. The van der Waals surface area contributed by atoms with Crippen molar-refractivity contribution in [3.63, 3.8) is 0 Å². The molecule has 0 aromatic carbocycles. The number of urea groups is 1. The second kappa shape index (κ2) is 8.19. The van der Waals surface area contributed by atoms with E-state index in [2.05, 4.69) is 15.5 Å². The molecule has 0 spiro atoms. The molecule has 1 saturated heterocycles. The van der Waals surface area contributed by atoms with Crippen LogP contribution in [-0.4, -0.2) is 67.4 Å². The number of aliphatic carboxylic acids is 1. The van der Waals surface area contributed by atoms with Crippen LogP contribution in [0.1, 0.15) is 27.2 Å². The van der Waals surface area contributed by atoms with E-state index in [1.165, 1.54) is 0 Å². The lowest BCUT2D eigenvalue weighted by molar-refractivity contribution is -0.138. The molecule has 0 saturated carbocycles. The second-order valence-corrected chi connectivity index (χ2v) is 6.37. The molecular formula is C14H27N3O4. The van der Waals surface area contributed by atoms with Gasteiger partial charge in [0.1, 0.15) is 0 Å². The highest BCUT2D eigenvalue weighted by Gasteiger charge is 2.28. The maximum atomic E-state index is 11.9. The molecule has 122 valence electrons. The smallest absolute Gasteiger partial charge is 0.315 e. The number of morpholine rings is 1. The fraction of sp³-hybridized carbons (Fsp3) is 0.857. The summed E-state index contributed by atoms with van der Waals surface area (Å²) in [5.41, 5.74) is -0.306. The normalized spacial score (nSPS) is 18.0. The summed E-state index contributed by atoms with van der Waals surface area (Å²) in [7, 11) is 0. The van der Waals surface area contributed by atoms with Crippen molar-refractivity contribution in [2.45, 2.75) is 33.2 Å². The third kappa shape index (κ3) is 7.29. The van der Waals surface area contributed by atoms with Crippen molar-refractivity contribution in [2.24, 2.45) is 5.41 Å². The first-order valence-corrected chi connectivity index (χ1v) is 7.35. The fourth-order valence-electron chi connectivity index (χ4n) is 2.11. The van der Waals surface area contributed by atoms with Crippen LogP contribution in [0.25, 0.3) is 0 Å². The van der Waals surface area contributed by atoms with Crippen molar-refractivity contribution in [2.75, 3.05) is 39.4 Å². The van der Waals surface area contributed by atoms with Crippen LogP contribution < -0.4 is 10.6 Å². The highest BCUT2D eigenvalue weighted by Crippen LogP contribution is 2.21. The third-order valence-corrected chi connectivity index (χ3v) is 3.55. The Kier molecular flexibility index (Phi) is 6.91. The molecule has 0 aliphatic carbocycles. The zero-order chi connectivity index (χ0) is 15.9. The van der Waals surface area contributed by atoms with Gasteiger partial charge in [-0.25, -0.2) is 4.79 Å². The SMILES string of the molecule is CC(C)(C)C(CC(=O)O)NC(=O)NCCN1CCOCC1. The molecule has 0 radical (unpaired) electrons. The monoisotopic (exact) mass is 301 g/mol. The predicted octanol–water partition coefficient (Wildman–Crippen LogP) is 0.507. The van der Waals surface area contributed by atoms with E-state index in [-0.39, 0.29) is 17.9 Å². The molecule has 2 amide bonds. The zero-order valence-electron chi connectivity index (χ0n) is 13.1. The first-order chi connectivity index (χ1) is 9.79. The largest absolute Gasteiger partial charge is 0.481 e. The number of amides is 2. The first kappa shape index (κ1) is 17.7. The Hall–Kier alpha value is -1.34. The fourth-order valence-corrected chi connectivity index (χ4v) is 2.11. The standard InChI is InChI=1S/C14H27N3O4/c1-14(2,3)11(10-12(18)19)16-13(20)15-4-5-17-6-8-21-9-7-17/h11H,4-10H2,1-3H3,(H,18,19)(H2,15,16,20). The van der Waals surface area contributed by atoms with Crippen LogP contribution in [-0.2, 0) is 9.53 Å². The Bertz CT molecular complexity index is 349. The molecule has 3 N–H and O–H groups in total. The molecule has 1 rings (SSSR count). The number of rotatable bonds is 6.